The molecule has 2 N–H and O–H groups in total. The summed E-state index contributed by atoms with van der Waals surface area (Å²) < 4.78 is 12.2. The van der Waals surface area contributed by atoms with E-state index in [9.17, 15) is 9.59 Å². The van der Waals surface area contributed by atoms with E-state index < -0.39 is 0 Å². The molecule has 4 aliphatic heterocycles. The molecule has 4 aliphatic rings. The first-order valence-electron chi connectivity index (χ1n) is 21.1. The van der Waals surface area contributed by atoms with Crippen molar-refractivity contribution in [3.63, 3.8) is 0 Å². The summed E-state index contributed by atoms with van der Waals surface area (Å²) in [4.78, 5) is 27.5. The Bertz CT molecular complexity index is 1840. The molecule has 0 radical (unpaired) electrons. The lowest BCUT2D eigenvalue weighted by Gasteiger charge is -2.34. The molecular formula is C50H60N4O4. The van der Waals surface area contributed by atoms with Crippen LogP contribution in [0.1, 0.15) is 61.8 Å². The van der Waals surface area contributed by atoms with Gasteiger partial charge in [-0.1, -0.05) is 109 Å². The van der Waals surface area contributed by atoms with Crippen molar-refractivity contribution in [3.8, 4) is 0 Å². The maximum Gasteiger partial charge on any atom is 0.221 e. The third-order valence-electron chi connectivity index (χ3n) is 12.4. The summed E-state index contributed by atoms with van der Waals surface area (Å²) in [6.45, 7) is 10.7. The van der Waals surface area contributed by atoms with E-state index in [1.807, 2.05) is 24.3 Å². The van der Waals surface area contributed by atoms with Crippen molar-refractivity contribution in [1.29, 1.82) is 0 Å². The van der Waals surface area contributed by atoms with Crippen molar-refractivity contribution >= 4 is 23.2 Å². The molecule has 2 saturated heterocycles. The van der Waals surface area contributed by atoms with E-state index in [2.05, 4.69) is 130 Å². The predicted octanol–water partition coefficient (Wildman–Crippen LogP) is 8.85. The lowest BCUT2D eigenvalue weighted by Crippen LogP contribution is -2.38. The van der Waals surface area contributed by atoms with E-state index in [0.717, 1.165) is 89.5 Å². The number of hydrogen-bond acceptors (Lipinski definition) is 6. The average molecular weight is 781 g/mol. The van der Waals surface area contributed by atoms with Crippen molar-refractivity contribution < 1.29 is 19.1 Å². The SMILES string of the molecule is CC(=O)Nc1ccc(CN2CCC(CCc3ccccc3)(C3C=CCO3)C2)cc1.CC(=O)Nc1ccc(CN2CCC(CCc3ccccc3)(C3C=CCO3)C2)cc1. The van der Waals surface area contributed by atoms with Crippen LogP contribution in [0, 0.1) is 10.8 Å². The highest BCUT2D eigenvalue weighted by Crippen LogP contribution is 2.43. The third-order valence-corrected chi connectivity index (χ3v) is 12.4. The van der Waals surface area contributed by atoms with Crippen LogP contribution in [-0.2, 0) is 45.0 Å². The summed E-state index contributed by atoms with van der Waals surface area (Å²) in [6, 6.07) is 37.9. The zero-order chi connectivity index (χ0) is 40.2. The number of ether oxygens (including phenoxy) is 2. The molecule has 4 aromatic carbocycles. The van der Waals surface area contributed by atoms with Crippen LogP contribution in [0.4, 0.5) is 11.4 Å². The van der Waals surface area contributed by atoms with Gasteiger partial charge in [-0.15, -0.1) is 0 Å². The van der Waals surface area contributed by atoms with Crippen LogP contribution in [0.25, 0.3) is 0 Å². The molecule has 58 heavy (non-hydrogen) atoms. The van der Waals surface area contributed by atoms with Gasteiger partial charge in [-0.05, 0) is 98.1 Å². The van der Waals surface area contributed by atoms with Crippen LogP contribution < -0.4 is 10.6 Å². The number of carbonyl (C=O) groups excluding carboxylic acids is 2. The molecule has 0 saturated carbocycles. The number of benzene rings is 4. The highest BCUT2D eigenvalue weighted by Gasteiger charge is 2.45. The molecule has 0 bridgehead atoms. The van der Waals surface area contributed by atoms with Crippen molar-refractivity contribution in [2.24, 2.45) is 10.8 Å². The Hall–Kier alpha value is -4.86. The van der Waals surface area contributed by atoms with Crippen LogP contribution in [0.3, 0.4) is 0 Å². The maximum atomic E-state index is 11.2. The van der Waals surface area contributed by atoms with Gasteiger partial charge in [0.1, 0.15) is 0 Å². The number of nitrogens with zero attached hydrogens (tertiary/aromatic N) is 2. The number of carbonyl (C=O) groups is 2. The van der Waals surface area contributed by atoms with Crippen LogP contribution in [0.2, 0.25) is 0 Å². The number of nitrogens with one attached hydrogen (secondary N) is 2. The van der Waals surface area contributed by atoms with Gasteiger partial charge >= 0.3 is 0 Å². The average Bonchev–Trinajstić information content (AvgIpc) is 4.08. The van der Waals surface area contributed by atoms with Gasteiger partial charge in [0.15, 0.2) is 0 Å². The van der Waals surface area contributed by atoms with E-state index in [4.69, 9.17) is 9.47 Å². The number of likely N-dealkylation sites (tertiary alicyclic amines) is 2. The summed E-state index contributed by atoms with van der Waals surface area (Å²) >= 11 is 0. The molecule has 2 amide bonds. The van der Waals surface area contributed by atoms with Gasteiger partial charge in [0.25, 0.3) is 0 Å². The molecule has 4 heterocycles. The van der Waals surface area contributed by atoms with Crippen molar-refractivity contribution in [2.75, 3.05) is 50.0 Å². The Kier molecular flexibility index (Phi) is 14.0. The molecule has 304 valence electrons. The zero-order valence-corrected chi connectivity index (χ0v) is 34.3. The molecular weight excluding hydrogens is 721 g/mol. The van der Waals surface area contributed by atoms with Gasteiger partial charge in [-0.3, -0.25) is 19.4 Å². The smallest absolute Gasteiger partial charge is 0.221 e. The van der Waals surface area contributed by atoms with E-state index >= 15 is 0 Å². The highest BCUT2D eigenvalue weighted by molar-refractivity contribution is 5.89. The third kappa shape index (κ3) is 11.2. The van der Waals surface area contributed by atoms with E-state index in [1.54, 1.807) is 0 Å². The molecule has 8 heteroatoms. The van der Waals surface area contributed by atoms with Gasteiger partial charge < -0.3 is 20.1 Å². The highest BCUT2D eigenvalue weighted by atomic mass is 16.5. The lowest BCUT2D eigenvalue weighted by atomic mass is 9.76. The monoisotopic (exact) mass is 780 g/mol. The van der Waals surface area contributed by atoms with Gasteiger partial charge in [-0.2, -0.15) is 0 Å². The summed E-state index contributed by atoms with van der Waals surface area (Å²) in [6.07, 6.45) is 16.1. The van der Waals surface area contributed by atoms with Crippen molar-refractivity contribution in [1.82, 2.24) is 9.80 Å². The maximum absolute atomic E-state index is 11.2. The molecule has 8 rings (SSSR count). The summed E-state index contributed by atoms with van der Waals surface area (Å²) in [5.74, 6) is -0.0739. The molecule has 8 nitrogen and oxygen atoms in total. The Balaban J connectivity index is 0.000000177. The molecule has 2 fully saturated rings. The molecule has 4 unspecified atom stereocenters. The first-order valence-corrected chi connectivity index (χ1v) is 21.1. The first kappa shape index (κ1) is 41.3. The fraction of sp³-hybridized carbons (Fsp3) is 0.400. The number of amides is 2. The van der Waals surface area contributed by atoms with E-state index in [0.29, 0.717) is 0 Å². The van der Waals surface area contributed by atoms with Gasteiger partial charge in [-0.25, -0.2) is 0 Å². The normalized spacial score (nSPS) is 24.1. The Morgan fingerprint density at radius 3 is 1.31 bits per heavy atom. The molecule has 0 aromatic heterocycles. The number of anilines is 2. The minimum absolute atomic E-state index is 0.0369. The Morgan fingerprint density at radius 2 is 0.966 bits per heavy atom. The van der Waals surface area contributed by atoms with Crippen LogP contribution in [0.5, 0.6) is 0 Å². The molecule has 4 atom stereocenters. The van der Waals surface area contributed by atoms with Crippen LogP contribution in [0.15, 0.2) is 133 Å². The Morgan fingerprint density at radius 1 is 0.569 bits per heavy atom. The first-order chi connectivity index (χ1) is 28.3. The largest absolute Gasteiger partial charge is 0.369 e. The Labute approximate surface area is 345 Å². The van der Waals surface area contributed by atoms with Crippen molar-refractivity contribution in [2.45, 2.75) is 77.7 Å². The minimum atomic E-state index is -0.0369. The second kappa shape index (κ2) is 19.7. The standard InChI is InChI=1S/2C25H30N2O2/c2*1-20(28)26-23-11-9-22(10-12-23)18-27-16-15-25(19-27,24-8-5-17-29-24)14-13-21-6-3-2-4-7-21/h2*2-12,24H,13-19H2,1H3,(H,26,28). The summed E-state index contributed by atoms with van der Waals surface area (Å²) in [5.41, 5.74) is 7.43. The van der Waals surface area contributed by atoms with E-state index in [1.165, 1.54) is 48.9 Å². The van der Waals surface area contributed by atoms with E-state index in [-0.39, 0.29) is 34.9 Å². The minimum Gasteiger partial charge on any atom is -0.369 e. The van der Waals surface area contributed by atoms with Gasteiger partial charge in [0.2, 0.25) is 11.8 Å². The lowest BCUT2D eigenvalue weighted by molar-refractivity contribution is -0.115. The summed E-state index contributed by atoms with van der Waals surface area (Å²) in [7, 11) is 0. The number of rotatable bonds is 14. The predicted molar refractivity (Wildman–Crippen MR) is 233 cm³/mol. The molecule has 0 aliphatic carbocycles. The molecule has 4 aromatic rings. The van der Waals surface area contributed by atoms with Crippen LogP contribution >= 0.6 is 0 Å². The second-order valence-corrected chi connectivity index (χ2v) is 16.7. The fourth-order valence-electron chi connectivity index (χ4n) is 9.33. The van der Waals surface area contributed by atoms with Gasteiger partial charge in [0.05, 0.1) is 25.4 Å². The number of aryl methyl sites for hydroxylation is 2. The molecule has 0 spiro atoms. The second-order valence-electron chi connectivity index (χ2n) is 16.7. The fourth-order valence-corrected chi connectivity index (χ4v) is 9.33. The number of hydrogen-bond donors (Lipinski definition) is 2. The summed E-state index contributed by atoms with van der Waals surface area (Å²) in [5, 5.41) is 5.66. The van der Waals surface area contributed by atoms with Crippen molar-refractivity contribution in [3.05, 3.63) is 156 Å². The van der Waals surface area contributed by atoms with Crippen LogP contribution in [-0.4, -0.2) is 73.2 Å². The van der Waals surface area contributed by atoms with Gasteiger partial charge in [0, 0.05) is 62.2 Å². The topological polar surface area (TPSA) is 83.1 Å². The zero-order valence-electron chi connectivity index (χ0n) is 34.3. The quantitative estimate of drug-likeness (QED) is 0.125.